The van der Waals surface area contributed by atoms with Crippen LogP contribution in [0.25, 0.3) is 0 Å². The first-order valence-corrected chi connectivity index (χ1v) is 7.65. The maximum Gasteiger partial charge on any atom is 0.256 e. The van der Waals surface area contributed by atoms with Gasteiger partial charge in [-0.1, -0.05) is 26.2 Å². The van der Waals surface area contributed by atoms with Gasteiger partial charge < -0.3 is 10.3 Å². The molecule has 1 aliphatic carbocycles. The van der Waals surface area contributed by atoms with E-state index < -0.39 is 0 Å². The van der Waals surface area contributed by atoms with Crippen LogP contribution >= 0.6 is 0 Å². The molecule has 1 fully saturated rings. The van der Waals surface area contributed by atoms with Crippen molar-refractivity contribution in [2.24, 2.45) is 5.92 Å². The zero-order valence-electron chi connectivity index (χ0n) is 11.7. The van der Waals surface area contributed by atoms with Crippen molar-refractivity contribution in [1.29, 1.82) is 0 Å². The van der Waals surface area contributed by atoms with Crippen LogP contribution in [0.5, 0.6) is 0 Å². The summed E-state index contributed by atoms with van der Waals surface area (Å²) < 4.78 is 0. The minimum atomic E-state index is 0.0748. The van der Waals surface area contributed by atoms with Crippen LogP contribution in [0.4, 0.5) is 5.82 Å². The largest absolute Gasteiger partial charge is 0.370 e. The number of nitrogens with one attached hydrogen (secondary N) is 2. The van der Waals surface area contributed by atoms with Gasteiger partial charge in [-0.3, -0.25) is 4.79 Å². The normalized spacial score (nSPS) is 26.6. The minimum Gasteiger partial charge on any atom is -0.370 e. The first-order chi connectivity index (χ1) is 9.28. The van der Waals surface area contributed by atoms with Gasteiger partial charge in [0.05, 0.1) is 5.56 Å². The summed E-state index contributed by atoms with van der Waals surface area (Å²) in [5.74, 6) is 2.99. The van der Waals surface area contributed by atoms with Crippen molar-refractivity contribution in [2.45, 2.75) is 57.8 Å². The third-order valence-corrected chi connectivity index (χ3v) is 4.68. The Hall–Kier alpha value is -1.32. The third kappa shape index (κ3) is 2.53. The van der Waals surface area contributed by atoms with Gasteiger partial charge in [0.15, 0.2) is 0 Å². The van der Waals surface area contributed by atoms with E-state index in [0.29, 0.717) is 5.92 Å². The molecule has 2 N–H and O–H groups in total. The zero-order valence-corrected chi connectivity index (χ0v) is 11.7. The van der Waals surface area contributed by atoms with Crippen LogP contribution in [0.2, 0.25) is 0 Å². The SMILES string of the molecule is CCC1CCCC(c2nc3c(c(=O)[nH]2)CCCN3)C1. The summed E-state index contributed by atoms with van der Waals surface area (Å²) in [4.78, 5) is 19.9. The average Bonchev–Trinajstić information content (AvgIpc) is 2.47. The van der Waals surface area contributed by atoms with Crippen LogP contribution in [0.3, 0.4) is 0 Å². The minimum absolute atomic E-state index is 0.0748. The predicted octanol–water partition coefficient (Wildman–Crippen LogP) is 2.81. The Kier molecular flexibility index (Phi) is 3.58. The average molecular weight is 261 g/mol. The lowest BCUT2D eigenvalue weighted by molar-refractivity contribution is 0.307. The molecule has 2 heterocycles. The van der Waals surface area contributed by atoms with E-state index in [4.69, 9.17) is 4.98 Å². The van der Waals surface area contributed by atoms with Crippen molar-refractivity contribution >= 4 is 5.82 Å². The van der Waals surface area contributed by atoms with E-state index in [2.05, 4.69) is 17.2 Å². The van der Waals surface area contributed by atoms with Gasteiger partial charge in [-0.25, -0.2) is 4.98 Å². The number of hydrogen-bond donors (Lipinski definition) is 2. The standard InChI is InChI=1S/C15H23N3O/c1-2-10-5-3-6-11(9-10)13-17-14-12(15(19)18-13)7-4-8-16-14/h10-11H,2-9H2,1H3,(H2,16,17,18,19). The van der Waals surface area contributed by atoms with E-state index in [1.54, 1.807) is 0 Å². The second-order valence-corrected chi connectivity index (χ2v) is 5.95. The molecular formula is C15H23N3O. The summed E-state index contributed by atoms with van der Waals surface area (Å²) in [6.07, 6.45) is 8.06. The molecule has 2 aliphatic rings. The van der Waals surface area contributed by atoms with Gasteiger partial charge in [-0.2, -0.15) is 0 Å². The van der Waals surface area contributed by atoms with Crippen molar-refractivity contribution in [3.63, 3.8) is 0 Å². The molecule has 0 saturated heterocycles. The Morgan fingerprint density at radius 3 is 3.05 bits per heavy atom. The smallest absolute Gasteiger partial charge is 0.256 e. The fourth-order valence-electron chi connectivity index (χ4n) is 3.47. The first-order valence-electron chi connectivity index (χ1n) is 7.65. The molecule has 1 aromatic heterocycles. The number of aromatic amines is 1. The number of nitrogens with zero attached hydrogens (tertiary/aromatic N) is 1. The van der Waals surface area contributed by atoms with E-state index in [0.717, 1.165) is 48.9 Å². The Morgan fingerprint density at radius 1 is 1.32 bits per heavy atom. The molecule has 1 saturated carbocycles. The summed E-state index contributed by atoms with van der Waals surface area (Å²) in [5.41, 5.74) is 0.920. The molecular weight excluding hydrogens is 238 g/mol. The maximum absolute atomic E-state index is 12.1. The van der Waals surface area contributed by atoms with Gasteiger partial charge in [0.1, 0.15) is 11.6 Å². The Balaban J connectivity index is 1.88. The van der Waals surface area contributed by atoms with E-state index in [1.165, 1.54) is 25.7 Å². The number of rotatable bonds is 2. The highest BCUT2D eigenvalue weighted by Crippen LogP contribution is 2.36. The quantitative estimate of drug-likeness (QED) is 0.860. The number of H-pyrrole nitrogens is 1. The first kappa shape index (κ1) is 12.7. The van der Waals surface area contributed by atoms with E-state index in [-0.39, 0.29) is 5.56 Å². The highest BCUT2D eigenvalue weighted by Gasteiger charge is 2.25. The summed E-state index contributed by atoms with van der Waals surface area (Å²) in [6.45, 7) is 3.20. The van der Waals surface area contributed by atoms with E-state index >= 15 is 0 Å². The Bertz CT molecular complexity index is 509. The third-order valence-electron chi connectivity index (χ3n) is 4.68. The second-order valence-electron chi connectivity index (χ2n) is 5.95. The number of hydrogen-bond acceptors (Lipinski definition) is 3. The lowest BCUT2D eigenvalue weighted by Crippen LogP contribution is -2.27. The molecule has 2 unspecified atom stereocenters. The molecule has 1 aromatic rings. The van der Waals surface area contributed by atoms with Gasteiger partial charge in [-0.05, 0) is 31.6 Å². The van der Waals surface area contributed by atoms with Gasteiger partial charge in [-0.15, -0.1) is 0 Å². The van der Waals surface area contributed by atoms with E-state index in [9.17, 15) is 4.79 Å². The van der Waals surface area contributed by atoms with Crippen LogP contribution in [0.1, 0.15) is 62.8 Å². The lowest BCUT2D eigenvalue weighted by Gasteiger charge is -2.28. The van der Waals surface area contributed by atoms with Crippen molar-refractivity contribution in [1.82, 2.24) is 9.97 Å². The maximum atomic E-state index is 12.1. The van der Waals surface area contributed by atoms with Crippen LogP contribution in [-0.2, 0) is 6.42 Å². The van der Waals surface area contributed by atoms with Gasteiger partial charge in [0, 0.05) is 12.5 Å². The molecule has 0 spiro atoms. The fourth-order valence-corrected chi connectivity index (χ4v) is 3.47. The van der Waals surface area contributed by atoms with Crippen LogP contribution < -0.4 is 10.9 Å². The second kappa shape index (κ2) is 5.35. The molecule has 4 heteroatoms. The van der Waals surface area contributed by atoms with Crippen LogP contribution in [0, 0.1) is 5.92 Å². The fraction of sp³-hybridized carbons (Fsp3) is 0.733. The highest BCUT2D eigenvalue weighted by atomic mass is 16.1. The topological polar surface area (TPSA) is 57.8 Å². The Morgan fingerprint density at radius 2 is 2.21 bits per heavy atom. The zero-order chi connectivity index (χ0) is 13.2. The molecule has 19 heavy (non-hydrogen) atoms. The van der Waals surface area contributed by atoms with Crippen molar-refractivity contribution in [3.05, 3.63) is 21.7 Å². The number of fused-ring (bicyclic) bond motifs is 1. The van der Waals surface area contributed by atoms with Crippen molar-refractivity contribution in [2.75, 3.05) is 11.9 Å². The molecule has 3 rings (SSSR count). The molecule has 0 amide bonds. The lowest BCUT2D eigenvalue weighted by atomic mass is 9.80. The van der Waals surface area contributed by atoms with E-state index in [1.807, 2.05) is 0 Å². The van der Waals surface area contributed by atoms with Crippen molar-refractivity contribution in [3.8, 4) is 0 Å². The number of anilines is 1. The summed E-state index contributed by atoms with van der Waals surface area (Å²) in [7, 11) is 0. The summed E-state index contributed by atoms with van der Waals surface area (Å²) in [6, 6.07) is 0. The predicted molar refractivity (Wildman–Crippen MR) is 76.7 cm³/mol. The molecule has 104 valence electrons. The molecule has 4 nitrogen and oxygen atoms in total. The molecule has 1 aliphatic heterocycles. The highest BCUT2D eigenvalue weighted by molar-refractivity contribution is 5.45. The van der Waals surface area contributed by atoms with Crippen LogP contribution in [-0.4, -0.2) is 16.5 Å². The van der Waals surface area contributed by atoms with Gasteiger partial charge in [0.25, 0.3) is 5.56 Å². The summed E-state index contributed by atoms with van der Waals surface area (Å²) >= 11 is 0. The molecule has 0 radical (unpaired) electrons. The van der Waals surface area contributed by atoms with Crippen LogP contribution in [0.15, 0.2) is 4.79 Å². The number of aromatic nitrogens is 2. The molecule has 0 bridgehead atoms. The monoisotopic (exact) mass is 261 g/mol. The van der Waals surface area contributed by atoms with Gasteiger partial charge >= 0.3 is 0 Å². The van der Waals surface area contributed by atoms with Crippen molar-refractivity contribution < 1.29 is 0 Å². The molecule has 2 atom stereocenters. The Labute approximate surface area is 114 Å². The molecule has 0 aromatic carbocycles. The summed E-state index contributed by atoms with van der Waals surface area (Å²) in [5, 5.41) is 3.28. The van der Waals surface area contributed by atoms with Gasteiger partial charge in [0.2, 0.25) is 0 Å².